The van der Waals surface area contributed by atoms with E-state index in [-0.39, 0.29) is 18.0 Å². The van der Waals surface area contributed by atoms with Crippen molar-refractivity contribution in [2.75, 3.05) is 25.0 Å². The van der Waals surface area contributed by atoms with Gasteiger partial charge in [0.1, 0.15) is 0 Å². The number of anilines is 1. The number of aromatic carboxylic acids is 1. The number of carbonyl (C=O) groups is 2. The maximum Gasteiger partial charge on any atom is 0.337 e. The summed E-state index contributed by atoms with van der Waals surface area (Å²) in [5.74, 6) is -0.720. The lowest BCUT2D eigenvalue weighted by Crippen LogP contribution is -2.37. The standard InChI is InChI=1S/C14H20N2O3/c1-10(2)8-15-13(17)9-16(3)12-7-5-4-6-11(12)14(18)19/h4-7,10H,8-9H2,1-3H3,(H,15,17)(H,18,19). The zero-order valence-corrected chi connectivity index (χ0v) is 11.5. The molecule has 0 aliphatic rings. The first-order chi connectivity index (χ1) is 8.91. The summed E-state index contributed by atoms with van der Waals surface area (Å²) < 4.78 is 0. The van der Waals surface area contributed by atoms with Crippen LogP contribution in [-0.2, 0) is 4.79 Å². The van der Waals surface area contributed by atoms with Crippen LogP contribution in [0.3, 0.4) is 0 Å². The first kappa shape index (κ1) is 15.0. The molecule has 0 atom stereocenters. The quantitative estimate of drug-likeness (QED) is 0.818. The number of likely N-dealkylation sites (N-methyl/N-ethyl adjacent to an activating group) is 1. The van der Waals surface area contributed by atoms with Crippen LogP contribution in [0, 0.1) is 5.92 Å². The highest BCUT2D eigenvalue weighted by Crippen LogP contribution is 2.18. The predicted molar refractivity (Wildman–Crippen MR) is 74.5 cm³/mol. The molecule has 104 valence electrons. The van der Waals surface area contributed by atoms with Gasteiger partial charge < -0.3 is 15.3 Å². The molecule has 0 fully saturated rings. The van der Waals surface area contributed by atoms with Gasteiger partial charge in [-0.1, -0.05) is 26.0 Å². The Hall–Kier alpha value is -2.04. The normalized spacial score (nSPS) is 10.3. The van der Waals surface area contributed by atoms with Crippen LogP contribution in [0.5, 0.6) is 0 Å². The lowest BCUT2D eigenvalue weighted by molar-refractivity contribution is -0.119. The summed E-state index contributed by atoms with van der Waals surface area (Å²) in [6.07, 6.45) is 0. The van der Waals surface area contributed by atoms with Crippen molar-refractivity contribution in [2.45, 2.75) is 13.8 Å². The van der Waals surface area contributed by atoms with Crippen molar-refractivity contribution in [3.8, 4) is 0 Å². The maximum atomic E-state index is 11.7. The summed E-state index contributed by atoms with van der Waals surface area (Å²) in [5.41, 5.74) is 0.733. The van der Waals surface area contributed by atoms with Gasteiger partial charge in [-0.2, -0.15) is 0 Å². The minimum Gasteiger partial charge on any atom is -0.478 e. The van der Waals surface area contributed by atoms with Gasteiger partial charge in [-0.25, -0.2) is 4.79 Å². The van der Waals surface area contributed by atoms with Crippen LogP contribution in [0.4, 0.5) is 5.69 Å². The molecule has 2 N–H and O–H groups in total. The number of para-hydroxylation sites is 1. The molecule has 0 aliphatic carbocycles. The Morgan fingerprint density at radius 1 is 1.32 bits per heavy atom. The molecular formula is C14H20N2O3. The summed E-state index contributed by atoms with van der Waals surface area (Å²) in [5, 5.41) is 11.9. The van der Waals surface area contributed by atoms with Crippen molar-refractivity contribution in [3.63, 3.8) is 0 Å². The Morgan fingerprint density at radius 3 is 2.53 bits per heavy atom. The van der Waals surface area contributed by atoms with Crippen molar-refractivity contribution in [1.82, 2.24) is 5.32 Å². The summed E-state index contributed by atoms with van der Waals surface area (Å²) in [6, 6.07) is 6.64. The molecule has 1 amide bonds. The van der Waals surface area contributed by atoms with Gasteiger partial charge in [-0.3, -0.25) is 4.79 Å². The van der Waals surface area contributed by atoms with E-state index in [4.69, 9.17) is 5.11 Å². The third-order valence-electron chi connectivity index (χ3n) is 2.63. The Kier molecular flexibility index (Phi) is 5.36. The fraction of sp³-hybridized carbons (Fsp3) is 0.429. The van der Waals surface area contributed by atoms with Gasteiger partial charge >= 0.3 is 5.97 Å². The van der Waals surface area contributed by atoms with E-state index in [0.717, 1.165) is 0 Å². The lowest BCUT2D eigenvalue weighted by Gasteiger charge is -2.20. The van der Waals surface area contributed by atoms with Crippen molar-refractivity contribution < 1.29 is 14.7 Å². The minimum atomic E-state index is -0.995. The average Bonchev–Trinajstić information content (AvgIpc) is 2.36. The molecule has 1 aromatic carbocycles. The van der Waals surface area contributed by atoms with Crippen molar-refractivity contribution in [1.29, 1.82) is 0 Å². The molecule has 0 spiro atoms. The molecule has 0 aromatic heterocycles. The Bertz CT molecular complexity index is 458. The second-order valence-corrected chi connectivity index (χ2v) is 4.88. The molecule has 5 nitrogen and oxygen atoms in total. The van der Waals surface area contributed by atoms with Gasteiger partial charge in [-0.05, 0) is 18.1 Å². The van der Waals surface area contributed by atoms with Gasteiger partial charge in [0.05, 0.1) is 17.8 Å². The number of carboxylic acids is 1. The molecule has 0 radical (unpaired) electrons. The number of amides is 1. The first-order valence-electron chi connectivity index (χ1n) is 6.22. The predicted octanol–water partition coefficient (Wildman–Crippen LogP) is 1.59. The molecular weight excluding hydrogens is 244 g/mol. The summed E-state index contributed by atoms with van der Waals surface area (Å²) >= 11 is 0. The van der Waals surface area contributed by atoms with Gasteiger partial charge in [0.25, 0.3) is 0 Å². The molecule has 0 saturated carbocycles. The number of hydrogen-bond acceptors (Lipinski definition) is 3. The molecule has 0 saturated heterocycles. The zero-order chi connectivity index (χ0) is 14.4. The monoisotopic (exact) mass is 264 g/mol. The molecule has 1 aromatic rings. The van der Waals surface area contributed by atoms with Gasteiger partial charge in [-0.15, -0.1) is 0 Å². The molecule has 1 rings (SSSR count). The van der Waals surface area contributed by atoms with E-state index in [0.29, 0.717) is 18.2 Å². The second kappa shape index (κ2) is 6.78. The number of hydrogen-bond donors (Lipinski definition) is 2. The van der Waals surface area contributed by atoms with E-state index >= 15 is 0 Å². The van der Waals surface area contributed by atoms with Gasteiger partial charge in [0.2, 0.25) is 5.91 Å². The summed E-state index contributed by atoms with van der Waals surface area (Å²) in [6.45, 7) is 4.79. The number of nitrogens with zero attached hydrogens (tertiary/aromatic N) is 1. The molecule has 19 heavy (non-hydrogen) atoms. The molecule has 0 aliphatic heterocycles. The smallest absolute Gasteiger partial charge is 0.337 e. The summed E-state index contributed by atoms with van der Waals surface area (Å²) in [7, 11) is 1.71. The Labute approximate surface area is 113 Å². The molecule has 0 bridgehead atoms. The highest BCUT2D eigenvalue weighted by atomic mass is 16.4. The Morgan fingerprint density at radius 2 is 1.95 bits per heavy atom. The van der Waals surface area contributed by atoms with Crippen molar-refractivity contribution in [2.24, 2.45) is 5.92 Å². The second-order valence-electron chi connectivity index (χ2n) is 4.88. The molecule has 0 unspecified atom stereocenters. The third kappa shape index (κ3) is 4.62. The van der Waals surface area contributed by atoms with E-state index in [1.54, 1.807) is 30.1 Å². The lowest BCUT2D eigenvalue weighted by atomic mass is 10.1. The molecule has 0 heterocycles. The number of rotatable bonds is 6. The number of nitrogens with one attached hydrogen (secondary N) is 1. The number of carbonyl (C=O) groups excluding carboxylic acids is 1. The fourth-order valence-electron chi connectivity index (χ4n) is 1.66. The van der Waals surface area contributed by atoms with Crippen LogP contribution in [-0.4, -0.2) is 37.1 Å². The van der Waals surface area contributed by atoms with Crippen molar-refractivity contribution >= 4 is 17.6 Å². The van der Waals surface area contributed by atoms with Gasteiger partial charge in [0.15, 0.2) is 0 Å². The summed E-state index contributed by atoms with van der Waals surface area (Å²) in [4.78, 5) is 24.4. The van der Waals surface area contributed by atoms with Crippen molar-refractivity contribution in [3.05, 3.63) is 29.8 Å². The van der Waals surface area contributed by atoms with Crippen LogP contribution in [0.2, 0.25) is 0 Å². The minimum absolute atomic E-state index is 0.114. The van der Waals surface area contributed by atoms with Crippen LogP contribution in [0.25, 0.3) is 0 Å². The van der Waals surface area contributed by atoms with Crippen LogP contribution < -0.4 is 10.2 Å². The van der Waals surface area contributed by atoms with Crippen LogP contribution in [0.1, 0.15) is 24.2 Å². The topological polar surface area (TPSA) is 69.6 Å². The fourth-order valence-corrected chi connectivity index (χ4v) is 1.66. The molecule has 5 heteroatoms. The highest BCUT2D eigenvalue weighted by Gasteiger charge is 2.14. The SMILES string of the molecule is CC(C)CNC(=O)CN(C)c1ccccc1C(=O)O. The van der Waals surface area contributed by atoms with E-state index in [1.807, 2.05) is 13.8 Å². The maximum absolute atomic E-state index is 11.7. The van der Waals surface area contributed by atoms with E-state index < -0.39 is 5.97 Å². The highest BCUT2D eigenvalue weighted by molar-refractivity contribution is 5.95. The van der Waals surface area contributed by atoms with E-state index in [2.05, 4.69) is 5.32 Å². The first-order valence-corrected chi connectivity index (χ1v) is 6.22. The Balaban J connectivity index is 2.70. The van der Waals surface area contributed by atoms with Crippen LogP contribution in [0.15, 0.2) is 24.3 Å². The van der Waals surface area contributed by atoms with Gasteiger partial charge in [0, 0.05) is 13.6 Å². The largest absolute Gasteiger partial charge is 0.478 e. The van der Waals surface area contributed by atoms with E-state index in [1.165, 1.54) is 6.07 Å². The third-order valence-corrected chi connectivity index (χ3v) is 2.63. The number of benzene rings is 1. The van der Waals surface area contributed by atoms with Crippen LogP contribution >= 0.6 is 0 Å². The van der Waals surface area contributed by atoms with E-state index in [9.17, 15) is 9.59 Å². The zero-order valence-electron chi connectivity index (χ0n) is 11.5. The average molecular weight is 264 g/mol. The number of carboxylic acid groups (broad SMARTS) is 1.